The maximum atomic E-state index is 3.53. The van der Waals surface area contributed by atoms with Crippen LogP contribution in [0, 0.1) is 5.92 Å². The van der Waals surface area contributed by atoms with Gasteiger partial charge in [-0.3, -0.25) is 4.90 Å². The van der Waals surface area contributed by atoms with E-state index in [1.54, 1.807) is 0 Å². The molecule has 1 aliphatic rings. The second-order valence-corrected chi connectivity index (χ2v) is 4.87. The van der Waals surface area contributed by atoms with Crippen LogP contribution in [0.3, 0.4) is 0 Å². The van der Waals surface area contributed by atoms with E-state index in [0.717, 1.165) is 12.5 Å². The maximum Gasteiger partial charge on any atom is 0.0219 e. The molecular weight excluding hydrogens is 172 g/mol. The summed E-state index contributed by atoms with van der Waals surface area (Å²) < 4.78 is 0. The van der Waals surface area contributed by atoms with Gasteiger partial charge in [-0.1, -0.05) is 20.3 Å². The molecule has 1 aliphatic heterocycles. The molecule has 2 heteroatoms. The molecule has 0 spiro atoms. The highest BCUT2D eigenvalue weighted by Gasteiger charge is 2.24. The van der Waals surface area contributed by atoms with E-state index in [1.807, 2.05) is 0 Å². The van der Waals surface area contributed by atoms with Gasteiger partial charge in [-0.15, -0.1) is 0 Å². The SMILES string of the molecule is CCCC(C)CN1CCNC(C)C1C. The van der Waals surface area contributed by atoms with E-state index in [0.29, 0.717) is 12.1 Å². The molecule has 2 nitrogen and oxygen atoms in total. The number of rotatable bonds is 4. The van der Waals surface area contributed by atoms with Crippen LogP contribution in [0.25, 0.3) is 0 Å². The summed E-state index contributed by atoms with van der Waals surface area (Å²) in [7, 11) is 0. The van der Waals surface area contributed by atoms with Crippen molar-refractivity contribution in [3.8, 4) is 0 Å². The molecule has 0 aromatic heterocycles. The third-order valence-electron chi connectivity index (χ3n) is 3.49. The molecule has 0 aromatic carbocycles. The highest BCUT2D eigenvalue weighted by atomic mass is 15.2. The first-order valence-corrected chi connectivity index (χ1v) is 6.12. The molecule has 1 saturated heterocycles. The number of piperazine rings is 1. The van der Waals surface area contributed by atoms with E-state index in [9.17, 15) is 0 Å². The van der Waals surface area contributed by atoms with Crippen molar-refractivity contribution in [1.29, 1.82) is 0 Å². The van der Waals surface area contributed by atoms with Gasteiger partial charge in [0.15, 0.2) is 0 Å². The Kier molecular flexibility index (Phi) is 4.90. The first-order chi connectivity index (χ1) is 6.65. The predicted octanol–water partition coefficient (Wildman–Crippen LogP) is 2.10. The average molecular weight is 198 g/mol. The highest BCUT2D eigenvalue weighted by molar-refractivity contribution is 4.83. The Labute approximate surface area is 89.1 Å². The Morgan fingerprint density at radius 3 is 2.79 bits per heavy atom. The Morgan fingerprint density at radius 1 is 1.43 bits per heavy atom. The van der Waals surface area contributed by atoms with E-state index in [1.165, 1.54) is 25.9 Å². The molecule has 1 rings (SSSR count). The fraction of sp³-hybridized carbons (Fsp3) is 1.00. The fourth-order valence-electron chi connectivity index (χ4n) is 2.37. The van der Waals surface area contributed by atoms with Gasteiger partial charge in [-0.05, 0) is 26.2 Å². The van der Waals surface area contributed by atoms with E-state index in [2.05, 4.69) is 37.9 Å². The first-order valence-electron chi connectivity index (χ1n) is 6.12. The third kappa shape index (κ3) is 3.25. The van der Waals surface area contributed by atoms with Crippen LogP contribution in [-0.4, -0.2) is 36.6 Å². The Bertz CT molecular complexity index is 158. The Hall–Kier alpha value is -0.0800. The summed E-state index contributed by atoms with van der Waals surface area (Å²) in [6, 6.07) is 1.35. The molecular formula is C12H26N2. The second kappa shape index (κ2) is 5.72. The maximum absolute atomic E-state index is 3.53. The quantitative estimate of drug-likeness (QED) is 0.744. The van der Waals surface area contributed by atoms with Crippen LogP contribution in [0.2, 0.25) is 0 Å². The van der Waals surface area contributed by atoms with Crippen molar-refractivity contribution in [2.24, 2.45) is 5.92 Å². The largest absolute Gasteiger partial charge is 0.311 e. The number of nitrogens with zero attached hydrogens (tertiary/aromatic N) is 1. The normalized spacial score (nSPS) is 31.7. The zero-order valence-electron chi connectivity index (χ0n) is 10.2. The van der Waals surface area contributed by atoms with Gasteiger partial charge in [0.2, 0.25) is 0 Å². The molecule has 0 aromatic rings. The summed E-state index contributed by atoms with van der Waals surface area (Å²) in [6.07, 6.45) is 2.68. The van der Waals surface area contributed by atoms with Crippen LogP contribution in [0.5, 0.6) is 0 Å². The zero-order chi connectivity index (χ0) is 10.6. The van der Waals surface area contributed by atoms with Crippen molar-refractivity contribution in [2.45, 2.75) is 52.6 Å². The molecule has 84 valence electrons. The van der Waals surface area contributed by atoms with Crippen molar-refractivity contribution in [2.75, 3.05) is 19.6 Å². The molecule has 0 saturated carbocycles. The van der Waals surface area contributed by atoms with Crippen molar-refractivity contribution in [3.63, 3.8) is 0 Å². The lowest BCUT2D eigenvalue weighted by Crippen LogP contribution is -2.56. The predicted molar refractivity (Wildman–Crippen MR) is 62.6 cm³/mol. The van der Waals surface area contributed by atoms with Gasteiger partial charge >= 0.3 is 0 Å². The van der Waals surface area contributed by atoms with Gasteiger partial charge in [-0.25, -0.2) is 0 Å². The summed E-state index contributed by atoms with van der Waals surface area (Å²) in [5.41, 5.74) is 0. The lowest BCUT2D eigenvalue weighted by Gasteiger charge is -2.39. The van der Waals surface area contributed by atoms with Crippen LogP contribution in [0.4, 0.5) is 0 Å². The molecule has 0 aliphatic carbocycles. The van der Waals surface area contributed by atoms with Crippen LogP contribution in [0.1, 0.15) is 40.5 Å². The molecule has 0 amide bonds. The fourth-order valence-corrected chi connectivity index (χ4v) is 2.37. The highest BCUT2D eigenvalue weighted by Crippen LogP contribution is 2.14. The monoisotopic (exact) mass is 198 g/mol. The Morgan fingerprint density at radius 2 is 2.14 bits per heavy atom. The van der Waals surface area contributed by atoms with Gasteiger partial charge in [0.25, 0.3) is 0 Å². The van der Waals surface area contributed by atoms with Gasteiger partial charge in [0, 0.05) is 31.7 Å². The summed E-state index contributed by atoms with van der Waals surface area (Å²) >= 11 is 0. The molecule has 1 N–H and O–H groups in total. The van der Waals surface area contributed by atoms with Crippen molar-refractivity contribution in [3.05, 3.63) is 0 Å². The summed E-state index contributed by atoms with van der Waals surface area (Å²) in [5.74, 6) is 0.854. The van der Waals surface area contributed by atoms with E-state index >= 15 is 0 Å². The van der Waals surface area contributed by atoms with Gasteiger partial charge in [0.05, 0.1) is 0 Å². The van der Waals surface area contributed by atoms with Gasteiger partial charge in [0.1, 0.15) is 0 Å². The van der Waals surface area contributed by atoms with Crippen LogP contribution in [-0.2, 0) is 0 Å². The van der Waals surface area contributed by atoms with E-state index < -0.39 is 0 Å². The van der Waals surface area contributed by atoms with Crippen LogP contribution < -0.4 is 5.32 Å². The number of hydrogen-bond donors (Lipinski definition) is 1. The molecule has 1 fully saturated rings. The van der Waals surface area contributed by atoms with Crippen molar-refractivity contribution < 1.29 is 0 Å². The molecule has 1 heterocycles. The minimum Gasteiger partial charge on any atom is -0.311 e. The standard InChI is InChI=1S/C12H26N2/c1-5-6-10(2)9-14-8-7-13-11(3)12(14)4/h10-13H,5-9H2,1-4H3. The summed E-state index contributed by atoms with van der Waals surface area (Å²) in [4.78, 5) is 2.64. The molecule has 0 bridgehead atoms. The lowest BCUT2D eigenvalue weighted by atomic mass is 10.0. The lowest BCUT2D eigenvalue weighted by molar-refractivity contribution is 0.118. The number of nitrogens with one attached hydrogen (secondary N) is 1. The smallest absolute Gasteiger partial charge is 0.0219 e. The van der Waals surface area contributed by atoms with Crippen LogP contribution >= 0.6 is 0 Å². The minimum atomic E-state index is 0.651. The average Bonchev–Trinajstić information content (AvgIpc) is 2.13. The number of hydrogen-bond acceptors (Lipinski definition) is 2. The topological polar surface area (TPSA) is 15.3 Å². The summed E-state index contributed by atoms with van der Waals surface area (Å²) in [5, 5.41) is 3.53. The minimum absolute atomic E-state index is 0.651. The van der Waals surface area contributed by atoms with Crippen molar-refractivity contribution in [1.82, 2.24) is 10.2 Å². The van der Waals surface area contributed by atoms with Crippen LogP contribution in [0.15, 0.2) is 0 Å². The molecule has 3 unspecified atom stereocenters. The molecule has 0 radical (unpaired) electrons. The third-order valence-corrected chi connectivity index (χ3v) is 3.49. The van der Waals surface area contributed by atoms with Gasteiger partial charge in [-0.2, -0.15) is 0 Å². The summed E-state index contributed by atoms with van der Waals surface area (Å²) in [6.45, 7) is 12.9. The second-order valence-electron chi connectivity index (χ2n) is 4.87. The first kappa shape index (κ1) is 12.0. The molecule has 14 heavy (non-hydrogen) atoms. The Balaban J connectivity index is 2.35. The molecule has 3 atom stereocenters. The van der Waals surface area contributed by atoms with E-state index in [-0.39, 0.29) is 0 Å². The van der Waals surface area contributed by atoms with Gasteiger partial charge < -0.3 is 5.32 Å². The van der Waals surface area contributed by atoms with Crippen molar-refractivity contribution >= 4 is 0 Å². The van der Waals surface area contributed by atoms with E-state index in [4.69, 9.17) is 0 Å². The zero-order valence-corrected chi connectivity index (χ0v) is 10.2.